The molecule has 0 amide bonds. The Kier molecular flexibility index (Phi) is 5.47. The molecule has 0 radical (unpaired) electrons. The predicted octanol–water partition coefficient (Wildman–Crippen LogP) is 4.67. The predicted molar refractivity (Wildman–Crippen MR) is 91.4 cm³/mol. The van der Waals surface area contributed by atoms with Crippen molar-refractivity contribution < 1.29 is 0 Å². The van der Waals surface area contributed by atoms with Gasteiger partial charge in [-0.2, -0.15) is 0 Å². The van der Waals surface area contributed by atoms with Crippen molar-refractivity contribution in [2.45, 2.75) is 53.9 Å². The van der Waals surface area contributed by atoms with E-state index in [4.69, 9.17) is 5.73 Å². The lowest BCUT2D eigenvalue weighted by atomic mass is 9.87. The molecule has 3 heteroatoms. The van der Waals surface area contributed by atoms with Crippen LogP contribution in [0.2, 0.25) is 0 Å². The second-order valence-corrected chi connectivity index (χ2v) is 5.97. The molecule has 0 fully saturated rings. The number of benzene rings is 1. The normalized spacial score (nSPS) is 10.8. The Balaban J connectivity index is 0.00000106. The molecule has 0 aliphatic heterocycles. The molecule has 0 atom stereocenters. The average molecular weight is 285 g/mol. The summed E-state index contributed by atoms with van der Waals surface area (Å²) >= 11 is 0. The second-order valence-electron chi connectivity index (χ2n) is 5.97. The van der Waals surface area contributed by atoms with E-state index in [1.807, 2.05) is 27.7 Å². The Morgan fingerprint density at radius 3 is 1.86 bits per heavy atom. The van der Waals surface area contributed by atoms with Crippen LogP contribution in [0.15, 0.2) is 24.3 Å². The Morgan fingerprint density at radius 2 is 1.43 bits per heavy atom. The van der Waals surface area contributed by atoms with Crippen LogP contribution in [0.1, 0.15) is 51.4 Å². The molecule has 1 aromatic carbocycles. The van der Waals surface area contributed by atoms with Crippen molar-refractivity contribution in [3.63, 3.8) is 0 Å². The van der Waals surface area contributed by atoms with E-state index in [1.54, 1.807) is 0 Å². The summed E-state index contributed by atoms with van der Waals surface area (Å²) in [6.45, 7) is 14.5. The van der Waals surface area contributed by atoms with E-state index in [-0.39, 0.29) is 5.41 Å². The minimum atomic E-state index is 0.154. The van der Waals surface area contributed by atoms with Crippen LogP contribution < -0.4 is 5.73 Å². The maximum absolute atomic E-state index is 5.91. The van der Waals surface area contributed by atoms with Gasteiger partial charge in [0.1, 0.15) is 5.82 Å². The van der Waals surface area contributed by atoms with Gasteiger partial charge >= 0.3 is 0 Å². The molecular formula is C18H27N3. The highest BCUT2D eigenvalue weighted by atomic mass is 15.0. The summed E-state index contributed by atoms with van der Waals surface area (Å²) in [5.41, 5.74) is 10.2. The molecular weight excluding hydrogens is 258 g/mol. The number of hydrogen-bond acceptors (Lipinski definition) is 3. The molecule has 0 aliphatic rings. The third-order valence-corrected chi connectivity index (χ3v) is 3.44. The number of nitrogens with two attached hydrogens (primary N) is 1. The number of hydrogen-bond donors (Lipinski definition) is 1. The number of rotatable bonds is 1. The van der Waals surface area contributed by atoms with Gasteiger partial charge in [-0.05, 0) is 24.8 Å². The fourth-order valence-corrected chi connectivity index (χ4v) is 1.90. The number of aromatic nitrogens is 2. The van der Waals surface area contributed by atoms with Gasteiger partial charge < -0.3 is 5.73 Å². The number of nitrogens with zero attached hydrogens (tertiary/aromatic N) is 2. The van der Waals surface area contributed by atoms with Crippen molar-refractivity contribution in [2.24, 2.45) is 0 Å². The summed E-state index contributed by atoms with van der Waals surface area (Å²) in [6, 6.07) is 8.38. The molecule has 0 unspecified atom stereocenters. The van der Waals surface area contributed by atoms with Crippen molar-refractivity contribution in [3.8, 4) is 11.4 Å². The fraction of sp³-hybridized carbons (Fsp3) is 0.444. The first-order valence-corrected chi connectivity index (χ1v) is 7.50. The lowest BCUT2D eigenvalue weighted by Gasteiger charge is -2.19. The van der Waals surface area contributed by atoms with Gasteiger partial charge in [-0.15, -0.1) is 0 Å². The molecule has 0 bridgehead atoms. The largest absolute Gasteiger partial charge is 0.383 e. The molecule has 0 saturated carbocycles. The van der Waals surface area contributed by atoms with Gasteiger partial charge in [-0.1, -0.05) is 58.9 Å². The van der Waals surface area contributed by atoms with Crippen molar-refractivity contribution >= 4 is 5.82 Å². The zero-order valence-electron chi connectivity index (χ0n) is 14.3. The molecule has 21 heavy (non-hydrogen) atoms. The van der Waals surface area contributed by atoms with Gasteiger partial charge in [0.2, 0.25) is 0 Å². The lowest BCUT2D eigenvalue weighted by Crippen LogP contribution is -2.10. The van der Waals surface area contributed by atoms with Gasteiger partial charge in [0.25, 0.3) is 0 Å². The number of anilines is 1. The molecule has 1 aromatic heterocycles. The summed E-state index contributed by atoms with van der Waals surface area (Å²) < 4.78 is 0. The Labute approximate surface area is 128 Å². The fourth-order valence-electron chi connectivity index (χ4n) is 1.90. The zero-order valence-corrected chi connectivity index (χ0v) is 14.3. The van der Waals surface area contributed by atoms with Crippen molar-refractivity contribution in [2.75, 3.05) is 5.73 Å². The van der Waals surface area contributed by atoms with Gasteiger partial charge in [0.05, 0.1) is 0 Å². The summed E-state index contributed by atoms with van der Waals surface area (Å²) in [6.07, 6.45) is 0. The first-order chi connectivity index (χ1) is 9.79. The van der Waals surface area contributed by atoms with E-state index in [1.165, 1.54) is 5.56 Å². The van der Waals surface area contributed by atoms with Crippen LogP contribution in [0, 0.1) is 13.8 Å². The van der Waals surface area contributed by atoms with Gasteiger partial charge in [-0.3, -0.25) is 0 Å². The van der Waals surface area contributed by atoms with Crippen molar-refractivity contribution in [3.05, 3.63) is 41.1 Å². The minimum Gasteiger partial charge on any atom is -0.383 e. The van der Waals surface area contributed by atoms with E-state index in [2.05, 4.69) is 55.0 Å². The van der Waals surface area contributed by atoms with Crippen LogP contribution in [0.3, 0.4) is 0 Å². The highest BCUT2D eigenvalue weighted by molar-refractivity contribution is 5.59. The third kappa shape index (κ3) is 4.03. The van der Waals surface area contributed by atoms with Crippen molar-refractivity contribution in [1.82, 2.24) is 9.97 Å². The van der Waals surface area contributed by atoms with Crippen LogP contribution in [-0.2, 0) is 5.41 Å². The highest BCUT2D eigenvalue weighted by Gasteiger charge is 2.14. The van der Waals surface area contributed by atoms with E-state index in [0.29, 0.717) is 11.6 Å². The van der Waals surface area contributed by atoms with E-state index in [0.717, 1.165) is 16.8 Å². The van der Waals surface area contributed by atoms with Crippen LogP contribution >= 0.6 is 0 Å². The minimum absolute atomic E-state index is 0.154. The topological polar surface area (TPSA) is 51.8 Å². The Morgan fingerprint density at radius 1 is 0.905 bits per heavy atom. The zero-order chi connectivity index (χ0) is 16.2. The standard InChI is InChI=1S/C16H21N3.C2H6/c1-10-11(2)18-15(19-14(10)17)12-6-8-13(9-7-12)16(3,4)5;1-2/h6-9H,1-5H3,(H2,17,18,19);1-2H3. The first-order valence-electron chi connectivity index (χ1n) is 7.50. The molecule has 0 saturated heterocycles. The van der Waals surface area contributed by atoms with Gasteiger partial charge in [-0.25, -0.2) is 9.97 Å². The van der Waals surface area contributed by atoms with Crippen LogP contribution in [0.25, 0.3) is 11.4 Å². The smallest absolute Gasteiger partial charge is 0.161 e. The van der Waals surface area contributed by atoms with Gasteiger partial charge in [0.15, 0.2) is 5.82 Å². The average Bonchev–Trinajstić information content (AvgIpc) is 2.45. The van der Waals surface area contributed by atoms with Crippen LogP contribution in [-0.4, -0.2) is 9.97 Å². The molecule has 2 rings (SSSR count). The lowest BCUT2D eigenvalue weighted by molar-refractivity contribution is 0.590. The quantitative estimate of drug-likeness (QED) is 0.828. The molecule has 0 spiro atoms. The van der Waals surface area contributed by atoms with Crippen LogP contribution in [0.5, 0.6) is 0 Å². The molecule has 2 N–H and O–H groups in total. The van der Waals surface area contributed by atoms with E-state index < -0.39 is 0 Å². The van der Waals surface area contributed by atoms with E-state index in [9.17, 15) is 0 Å². The van der Waals surface area contributed by atoms with Gasteiger partial charge in [0, 0.05) is 16.8 Å². The monoisotopic (exact) mass is 285 g/mol. The maximum Gasteiger partial charge on any atom is 0.161 e. The van der Waals surface area contributed by atoms with Crippen molar-refractivity contribution in [1.29, 1.82) is 0 Å². The third-order valence-electron chi connectivity index (χ3n) is 3.44. The van der Waals surface area contributed by atoms with Crippen LogP contribution in [0.4, 0.5) is 5.82 Å². The SMILES string of the molecule is CC.Cc1nc(-c2ccc(C(C)(C)C)cc2)nc(N)c1C. The maximum atomic E-state index is 5.91. The Hall–Kier alpha value is -1.90. The number of aryl methyl sites for hydroxylation is 1. The summed E-state index contributed by atoms with van der Waals surface area (Å²) in [5, 5.41) is 0. The summed E-state index contributed by atoms with van der Waals surface area (Å²) in [5.74, 6) is 1.25. The molecule has 114 valence electrons. The summed E-state index contributed by atoms with van der Waals surface area (Å²) in [7, 11) is 0. The summed E-state index contributed by atoms with van der Waals surface area (Å²) in [4.78, 5) is 8.87. The number of nitrogen functional groups attached to an aromatic ring is 1. The molecule has 3 nitrogen and oxygen atoms in total. The molecule has 2 aromatic rings. The molecule has 1 heterocycles. The molecule has 0 aliphatic carbocycles. The Bertz CT molecular complexity index is 570. The second kappa shape index (κ2) is 6.70. The highest BCUT2D eigenvalue weighted by Crippen LogP contribution is 2.25. The first kappa shape index (κ1) is 17.2. The van der Waals surface area contributed by atoms with E-state index >= 15 is 0 Å².